The van der Waals surface area contributed by atoms with E-state index < -0.39 is 0 Å². The summed E-state index contributed by atoms with van der Waals surface area (Å²) in [5.74, 6) is 1.14. The molecule has 0 aliphatic carbocycles. The lowest BCUT2D eigenvalue weighted by Crippen LogP contribution is -2.32. The van der Waals surface area contributed by atoms with E-state index in [1.54, 1.807) is 37.3 Å². The summed E-state index contributed by atoms with van der Waals surface area (Å²) in [4.78, 5) is 14.6. The van der Waals surface area contributed by atoms with Crippen LogP contribution in [-0.2, 0) is 0 Å². The zero-order valence-electron chi connectivity index (χ0n) is 16.8. The van der Waals surface area contributed by atoms with Gasteiger partial charge in [-0.05, 0) is 43.0 Å². The Morgan fingerprint density at radius 3 is 2.61 bits per heavy atom. The highest BCUT2D eigenvalue weighted by Crippen LogP contribution is 2.26. The van der Waals surface area contributed by atoms with Crippen molar-refractivity contribution in [1.82, 2.24) is 15.8 Å². The second kappa shape index (κ2) is 9.57. The van der Waals surface area contributed by atoms with E-state index in [-0.39, 0.29) is 5.91 Å². The highest BCUT2D eigenvalue weighted by molar-refractivity contribution is 5.97. The molecule has 1 heterocycles. The molecule has 2 aromatic rings. The fraction of sp³-hybridized carbons (Fsp3) is 0.409. The predicted octanol–water partition coefficient (Wildman–Crippen LogP) is 3.16. The molecule has 2 aromatic carbocycles. The van der Waals surface area contributed by atoms with Crippen molar-refractivity contribution in [3.63, 3.8) is 0 Å². The van der Waals surface area contributed by atoms with Gasteiger partial charge in [0.15, 0.2) is 0 Å². The van der Waals surface area contributed by atoms with Crippen molar-refractivity contribution in [2.24, 2.45) is 0 Å². The molecule has 2 atom stereocenters. The molecule has 2 unspecified atom stereocenters. The first-order valence-corrected chi connectivity index (χ1v) is 9.66. The molecule has 1 aliphatic heterocycles. The summed E-state index contributed by atoms with van der Waals surface area (Å²) in [5, 5.41) is 0. The number of benzene rings is 2. The van der Waals surface area contributed by atoms with Crippen molar-refractivity contribution in [3.05, 3.63) is 59.7 Å². The Bertz CT molecular complexity index is 782. The van der Waals surface area contributed by atoms with E-state index in [1.165, 1.54) is 5.56 Å². The maximum absolute atomic E-state index is 12.8. The second-order valence-electron chi connectivity index (χ2n) is 7.12. The summed E-state index contributed by atoms with van der Waals surface area (Å²) in [5.41, 5.74) is 8.58. The van der Waals surface area contributed by atoms with Crippen molar-refractivity contribution in [2.45, 2.75) is 31.3 Å². The van der Waals surface area contributed by atoms with Crippen molar-refractivity contribution >= 4 is 5.91 Å². The van der Waals surface area contributed by atoms with Gasteiger partial charge >= 0.3 is 0 Å². The van der Waals surface area contributed by atoms with E-state index in [0.29, 0.717) is 35.7 Å². The van der Waals surface area contributed by atoms with E-state index in [2.05, 4.69) is 35.1 Å². The standard InChI is InChI=1S/C22H29N3O3/c1-25(22(26)19-15-18(27-2)11-12-21(19)28-3)13-7-10-17-14-20(24-23-17)16-8-5-4-6-9-16/h4-6,8-9,11-12,15,17,20,23-24H,7,10,13-14H2,1-3H3. The third-order valence-corrected chi connectivity index (χ3v) is 5.21. The zero-order chi connectivity index (χ0) is 19.9. The van der Waals surface area contributed by atoms with E-state index in [4.69, 9.17) is 9.47 Å². The topological polar surface area (TPSA) is 62.8 Å². The first-order chi connectivity index (χ1) is 13.6. The number of nitrogens with zero attached hydrogens (tertiary/aromatic N) is 1. The number of nitrogens with one attached hydrogen (secondary N) is 2. The molecular formula is C22H29N3O3. The third-order valence-electron chi connectivity index (χ3n) is 5.21. The van der Waals surface area contributed by atoms with Crippen LogP contribution in [0.15, 0.2) is 48.5 Å². The van der Waals surface area contributed by atoms with Crippen molar-refractivity contribution in [1.29, 1.82) is 0 Å². The SMILES string of the molecule is COc1ccc(OC)c(C(=O)N(C)CCCC2CC(c3ccccc3)NN2)c1. The number of hydrazine groups is 1. The van der Waals surface area contributed by atoms with Crippen LogP contribution in [0.4, 0.5) is 0 Å². The van der Waals surface area contributed by atoms with E-state index in [0.717, 1.165) is 19.3 Å². The summed E-state index contributed by atoms with van der Waals surface area (Å²) in [6, 6.07) is 16.5. The molecule has 6 nitrogen and oxygen atoms in total. The largest absolute Gasteiger partial charge is 0.497 e. The van der Waals surface area contributed by atoms with Gasteiger partial charge in [0.2, 0.25) is 0 Å². The van der Waals surface area contributed by atoms with E-state index in [9.17, 15) is 4.79 Å². The van der Waals surface area contributed by atoms with Gasteiger partial charge in [-0.2, -0.15) is 0 Å². The number of hydrogen-bond acceptors (Lipinski definition) is 5. The van der Waals surface area contributed by atoms with Crippen LogP contribution < -0.4 is 20.3 Å². The normalized spacial score (nSPS) is 18.7. The molecule has 1 aliphatic rings. The molecule has 0 bridgehead atoms. The van der Waals surface area contributed by atoms with Gasteiger partial charge < -0.3 is 14.4 Å². The molecule has 1 saturated heterocycles. The monoisotopic (exact) mass is 383 g/mol. The van der Waals surface area contributed by atoms with Gasteiger partial charge in [-0.25, -0.2) is 0 Å². The first-order valence-electron chi connectivity index (χ1n) is 9.66. The Morgan fingerprint density at radius 1 is 1.11 bits per heavy atom. The average Bonchev–Trinajstić information content (AvgIpc) is 3.22. The Kier molecular flexibility index (Phi) is 6.90. The van der Waals surface area contributed by atoms with Crippen LogP contribution in [0.25, 0.3) is 0 Å². The van der Waals surface area contributed by atoms with Gasteiger partial charge in [0, 0.05) is 25.7 Å². The lowest BCUT2D eigenvalue weighted by atomic mass is 10.00. The highest BCUT2D eigenvalue weighted by Gasteiger charge is 2.25. The van der Waals surface area contributed by atoms with Crippen LogP contribution in [-0.4, -0.2) is 44.7 Å². The molecule has 2 N–H and O–H groups in total. The van der Waals surface area contributed by atoms with Gasteiger partial charge in [0.25, 0.3) is 5.91 Å². The van der Waals surface area contributed by atoms with Crippen molar-refractivity contribution in [3.8, 4) is 11.5 Å². The Morgan fingerprint density at radius 2 is 1.89 bits per heavy atom. The maximum Gasteiger partial charge on any atom is 0.257 e. The molecular weight excluding hydrogens is 354 g/mol. The molecule has 6 heteroatoms. The van der Waals surface area contributed by atoms with Crippen LogP contribution in [0, 0.1) is 0 Å². The third kappa shape index (κ3) is 4.82. The van der Waals surface area contributed by atoms with Gasteiger partial charge in [-0.15, -0.1) is 0 Å². The number of carbonyl (C=O) groups excluding carboxylic acids is 1. The highest BCUT2D eigenvalue weighted by atomic mass is 16.5. The molecule has 28 heavy (non-hydrogen) atoms. The van der Waals surface area contributed by atoms with Crippen molar-refractivity contribution < 1.29 is 14.3 Å². The molecule has 3 rings (SSSR count). The fourth-order valence-electron chi connectivity index (χ4n) is 3.58. The number of amides is 1. The van der Waals surface area contributed by atoms with Crippen LogP contribution in [0.5, 0.6) is 11.5 Å². The lowest BCUT2D eigenvalue weighted by Gasteiger charge is -2.20. The maximum atomic E-state index is 12.8. The number of rotatable bonds is 8. The molecule has 0 saturated carbocycles. The van der Waals surface area contributed by atoms with Crippen LogP contribution >= 0.6 is 0 Å². The quantitative estimate of drug-likeness (QED) is 0.733. The predicted molar refractivity (Wildman–Crippen MR) is 110 cm³/mol. The summed E-state index contributed by atoms with van der Waals surface area (Å²) in [7, 11) is 4.99. The van der Waals surface area contributed by atoms with Crippen LogP contribution in [0.2, 0.25) is 0 Å². The molecule has 0 spiro atoms. The summed E-state index contributed by atoms with van der Waals surface area (Å²) in [6.45, 7) is 0.688. The van der Waals surface area contributed by atoms with Crippen LogP contribution in [0.1, 0.15) is 41.2 Å². The van der Waals surface area contributed by atoms with Gasteiger partial charge in [0.1, 0.15) is 11.5 Å². The summed E-state index contributed by atoms with van der Waals surface area (Å²) < 4.78 is 10.6. The van der Waals surface area contributed by atoms with Crippen LogP contribution in [0.3, 0.4) is 0 Å². The van der Waals surface area contributed by atoms with Gasteiger partial charge in [0.05, 0.1) is 19.8 Å². The minimum absolute atomic E-state index is 0.0598. The second-order valence-corrected chi connectivity index (χ2v) is 7.12. The fourth-order valence-corrected chi connectivity index (χ4v) is 3.58. The Hall–Kier alpha value is -2.57. The number of ether oxygens (including phenoxy) is 2. The molecule has 0 aromatic heterocycles. The van der Waals surface area contributed by atoms with E-state index >= 15 is 0 Å². The van der Waals surface area contributed by atoms with E-state index in [1.807, 2.05) is 13.1 Å². The minimum atomic E-state index is -0.0598. The van der Waals surface area contributed by atoms with Crippen molar-refractivity contribution in [2.75, 3.05) is 27.8 Å². The lowest BCUT2D eigenvalue weighted by molar-refractivity contribution is 0.0788. The molecule has 150 valence electrons. The van der Waals surface area contributed by atoms with Gasteiger partial charge in [-0.3, -0.25) is 15.6 Å². The molecule has 1 amide bonds. The zero-order valence-corrected chi connectivity index (χ0v) is 16.8. The minimum Gasteiger partial charge on any atom is -0.497 e. The smallest absolute Gasteiger partial charge is 0.257 e. The summed E-state index contributed by atoms with van der Waals surface area (Å²) in [6.07, 6.45) is 2.98. The number of carbonyl (C=O) groups is 1. The number of hydrogen-bond donors (Lipinski definition) is 2. The Balaban J connectivity index is 1.49. The molecule has 0 radical (unpaired) electrons. The molecule has 1 fully saturated rings. The first kappa shape index (κ1) is 20.2. The Labute approximate surface area is 166 Å². The average molecular weight is 383 g/mol. The van der Waals surface area contributed by atoms with Gasteiger partial charge in [-0.1, -0.05) is 30.3 Å². The summed E-state index contributed by atoms with van der Waals surface area (Å²) >= 11 is 0. The number of methoxy groups -OCH3 is 2.